The maximum absolute atomic E-state index is 12.4. The van der Waals surface area contributed by atoms with E-state index >= 15 is 0 Å². The number of carbonyl (C=O) groups is 3. The normalized spacial score (nSPS) is 21.7. The average molecular weight is 330 g/mol. The first-order valence-corrected chi connectivity index (χ1v) is 7.51. The van der Waals surface area contributed by atoms with Gasteiger partial charge in [-0.1, -0.05) is 0 Å². The van der Waals surface area contributed by atoms with Crippen molar-refractivity contribution in [3.8, 4) is 0 Å². The molecule has 132 valence electrons. The van der Waals surface area contributed by atoms with E-state index in [2.05, 4.69) is 5.32 Å². The Balaban J connectivity index is 2.95. The Bertz CT molecular complexity index is 449. The third-order valence-electron chi connectivity index (χ3n) is 2.95. The van der Waals surface area contributed by atoms with Gasteiger partial charge in [-0.15, -0.1) is 0 Å². The zero-order valence-electron chi connectivity index (χ0n) is 14.5. The molecule has 0 radical (unpaired) electrons. The maximum atomic E-state index is 12.4. The van der Waals surface area contributed by atoms with Crippen LogP contribution in [-0.4, -0.2) is 58.0 Å². The summed E-state index contributed by atoms with van der Waals surface area (Å²) in [5.74, 6) is -1.03. The van der Waals surface area contributed by atoms with Gasteiger partial charge in [0.15, 0.2) is 0 Å². The Hall–Kier alpha value is -1.83. The molecule has 0 aromatic carbocycles. The minimum atomic E-state index is -1.03. The van der Waals surface area contributed by atoms with Crippen molar-refractivity contribution in [3.63, 3.8) is 0 Å². The van der Waals surface area contributed by atoms with Crippen LogP contribution in [0.3, 0.4) is 0 Å². The van der Waals surface area contributed by atoms with Crippen molar-refractivity contribution in [3.05, 3.63) is 0 Å². The van der Waals surface area contributed by atoms with Crippen LogP contribution in [0, 0.1) is 0 Å². The van der Waals surface area contributed by atoms with Gasteiger partial charge in [-0.25, -0.2) is 14.5 Å². The highest BCUT2D eigenvalue weighted by Gasteiger charge is 2.41. The number of hydrogen-bond donors (Lipinski definition) is 2. The fraction of sp³-hybridized carbons (Fsp3) is 0.800. The van der Waals surface area contributed by atoms with Crippen LogP contribution < -0.4 is 5.32 Å². The lowest BCUT2D eigenvalue weighted by atomic mass is 10.1. The Labute approximate surface area is 136 Å². The third kappa shape index (κ3) is 6.05. The van der Waals surface area contributed by atoms with Crippen LogP contribution in [0.25, 0.3) is 0 Å². The van der Waals surface area contributed by atoms with Gasteiger partial charge in [-0.3, -0.25) is 4.79 Å². The maximum Gasteiger partial charge on any atom is 0.420 e. The largest absolute Gasteiger partial charge is 0.480 e. The van der Waals surface area contributed by atoms with E-state index in [1.807, 2.05) is 0 Å². The van der Waals surface area contributed by atoms with Gasteiger partial charge in [0.05, 0.1) is 6.04 Å². The van der Waals surface area contributed by atoms with Gasteiger partial charge in [0.1, 0.15) is 17.2 Å². The molecule has 8 nitrogen and oxygen atoms in total. The molecule has 0 bridgehead atoms. The second-order valence-corrected chi connectivity index (χ2v) is 7.52. The fourth-order valence-electron chi connectivity index (χ4n) is 2.10. The molecule has 0 aromatic rings. The predicted molar refractivity (Wildman–Crippen MR) is 82.1 cm³/mol. The molecule has 1 aliphatic heterocycles. The van der Waals surface area contributed by atoms with Crippen LogP contribution in [0.5, 0.6) is 0 Å². The van der Waals surface area contributed by atoms with Crippen LogP contribution in [0.4, 0.5) is 9.59 Å². The van der Waals surface area contributed by atoms with Crippen molar-refractivity contribution in [1.29, 1.82) is 0 Å². The molecule has 0 unspecified atom stereocenters. The highest BCUT2D eigenvalue weighted by atomic mass is 16.6. The SMILES string of the molecule is CC(C)(C)OC(=O)N(C(=O)OC(C)(C)C)[C@@H]1CN[C@H](C(=O)O)C1. The Morgan fingerprint density at radius 2 is 1.43 bits per heavy atom. The molecule has 1 fully saturated rings. The molecule has 2 N–H and O–H groups in total. The van der Waals surface area contributed by atoms with E-state index in [-0.39, 0.29) is 13.0 Å². The molecule has 0 saturated carbocycles. The summed E-state index contributed by atoms with van der Waals surface area (Å²) in [7, 11) is 0. The monoisotopic (exact) mass is 330 g/mol. The van der Waals surface area contributed by atoms with E-state index in [0.29, 0.717) is 0 Å². The van der Waals surface area contributed by atoms with E-state index in [0.717, 1.165) is 4.90 Å². The van der Waals surface area contributed by atoms with Crippen molar-refractivity contribution in [2.24, 2.45) is 0 Å². The Morgan fingerprint density at radius 1 is 1.00 bits per heavy atom. The van der Waals surface area contributed by atoms with Crippen molar-refractivity contribution in [2.75, 3.05) is 6.54 Å². The van der Waals surface area contributed by atoms with Crippen LogP contribution in [0.1, 0.15) is 48.0 Å². The van der Waals surface area contributed by atoms with E-state index in [1.165, 1.54) is 0 Å². The first kappa shape index (κ1) is 19.2. The number of aliphatic carboxylic acids is 1. The smallest absolute Gasteiger partial charge is 0.420 e. The number of nitrogens with zero attached hydrogens (tertiary/aromatic N) is 1. The van der Waals surface area contributed by atoms with Crippen LogP contribution in [-0.2, 0) is 14.3 Å². The lowest BCUT2D eigenvalue weighted by molar-refractivity contribution is -0.139. The summed E-state index contributed by atoms with van der Waals surface area (Å²) in [5.41, 5.74) is -1.56. The average Bonchev–Trinajstić information content (AvgIpc) is 2.73. The number of carboxylic acids is 1. The van der Waals surface area contributed by atoms with Gasteiger partial charge in [0, 0.05) is 6.54 Å². The molecule has 0 spiro atoms. The quantitative estimate of drug-likeness (QED) is 0.797. The van der Waals surface area contributed by atoms with Gasteiger partial charge in [0.2, 0.25) is 0 Å². The standard InChI is InChI=1S/C15H26N2O6/c1-14(2,3)22-12(20)17(13(21)23-15(4,5)6)9-7-10(11(18)19)16-8-9/h9-10,16H,7-8H2,1-6H3,(H,18,19)/t9-,10-/m0/s1. The summed E-state index contributed by atoms with van der Waals surface area (Å²) in [4.78, 5) is 36.7. The van der Waals surface area contributed by atoms with Crippen LogP contribution in [0.2, 0.25) is 0 Å². The molecule has 1 rings (SSSR count). The number of ether oxygens (including phenoxy) is 2. The molecular formula is C15H26N2O6. The number of nitrogens with one attached hydrogen (secondary N) is 1. The molecule has 23 heavy (non-hydrogen) atoms. The van der Waals surface area contributed by atoms with Gasteiger partial charge in [-0.2, -0.15) is 0 Å². The highest BCUT2D eigenvalue weighted by molar-refractivity contribution is 5.89. The summed E-state index contributed by atoms with van der Waals surface area (Å²) in [6, 6.07) is -1.45. The zero-order valence-corrected chi connectivity index (χ0v) is 14.5. The summed E-state index contributed by atoms with van der Waals surface area (Å²) in [6.45, 7) is 10.3. The molecule has 1 heterocycles. The number of amides is 2. The second-order valence-electron chi connectivity index (χ2n) is 7.52. The van der Waals surface area contributed by atoms with E-state index in [4.69, 9.17) is 14.6 Å². The lowest BCUT2D eigenvalue weighted by Crippen LogP contribution is -2.49. The van der Waals surface area contributed by atoms with E-state index in [1.54, 1.807) is 41.5 Å². The van der Waals surface area contributed by atoms with Crippen molar-refractivity contribution >= 4 is 18.2 Å². The number of rotatable bonds is 2. The summed E-state index contributed by atoms with van der Waals surface area (Å²) in [5, 5.41) is 11.8. The first-order chi connectivity index (χ1) is 10.3. The summed E-state index contributed by atoms with van der Waals surface area (Å²) >= 11 is 0. The zero-order chi connectivity index (χ0) is 18.0. The molecule has 2 atom stereocenters. The van der Waals surface area contributed by atoms with Crippen molar-refractivity contribution in [1.82, 2.24) is 10.2 Å². The van der Waals surface area contributed by atoms with Crippen LogP contribution >= 0.6 is 0 Å². The first-order valence-electron chi connectivity index (χ1n) is 7.51. The van der Waals surface area contributed by atoms with E-state index in [9.17, 15) is 14.4 Å². The van der Waals surface area contributed by atoms with Gasteiger partial charge in [-0.05, 0) is 48.0 Å². The van der Waals surface area contributed by atoms with E-state index < -0.39 is 41.4 Å². The topological polar surface area (TPSA) is 105 Å². The minimum Gasteiger partial charge on any atom is -0.480 e. The molecule has 0 aromatic heterocycles. The fourth-order valence-corrected chi connectivity index (χ4v) is 2.10. The lowest BCUT2D eigenvalue weighted by Gasteiger charge is -2.31. The number of carboxylic acid groups (broad SMARTS) is 1. The molecule has 1 aliphatic rings. The Morgan fingerprint density at radius 3 is 1.74 bits per heavy atom. The van der Waals surface area contributed by atoms with Crippen molar-refractivity contribution in [2.45, 2.75) is 71.2 Å². The number of carbonyl (C=O) groups excluding carboxylic acids is 2. The third-order valence-corrected chi connectivity index (χ3v) is 2.95. The molecular weight excluding hydrogens is 304 g/mol. The van der Waals surface area contributed by atoms with Gasteiger partial charge in [0.25, 0.3) is 0 Å². The number of imide groups is 1. The predicted octanol–water partition coefficient (Wildman–Crippen LogP) is 1.97. The van der Waals surface area contributed by atoms with Gasteiger partial charge < -0.3 is 19.9 Å². The minimum absolute atomic E-state index is 0.105. The molecule has 8 heteroatoms. The van der Waals surface area contributed by atoms with Crippen molar-refractivity contribution < 1.29 is 29.0 Å². The molecule has 2 amide bonds. The summed E-state index contributed by atoms with van der Waals surface area (Å²) in [6.07, 6.45) is -1.58. The molecule has 1 saturated heterocycles. The van der Waals surface area contributed by atoms with Crippen LogP contribution in [0.15, 0.2) is 0 Å². The highest BCUT2D eigenvalue weighted by Crippen LogP contribution is 2.21. The molecule has 0 aliphatic carbocycles. The summed E-state index contributed by atoms with van der Waals surface area (Å²) < 4.78 is 10.5. The van der Waals surface area contributed by atoms with Gasteiger partial charge >= 0.3 is 18.2 Å². The Kier molecular flexibility index (Phi) is 5.63. The second kappa shape index (κ2) is 6.74. The number of hydrogen-bond acceptors (Lipinski definition) is 6.